The molecule has 1 spiro atoms. The van der Waals surface area contributed by atoms with Gasteiger partial charge in [0.25, 0.3) is 0 Å². The molecule has 4 heteroatoms. The maximum atomic E-state index is 10.9. The Morgan fingerprint density at radius 2 is 2.10 bits per heavy atom. The lowest BCUT2D eigenvalue weighted by atomic mass is 9.89. The molecule has 0 radical (unpaired) electrons. The number of aldehydes is 1. The molecular formula is C16H18O4. The summed E-state index contributed by atoms with van der Waals surface area (Å²) in [5.74, 6) is 0.225. The van der Waals surface area contributed by atoms with Gasteiger partial charge in [0.1, 0.15) is 5.75 Å². The summed E-state index contributed by atoms with van der Waals surface area (Å²) in [5, 5.41) is 0. The van der Waals surface area contributed by atoms with Crippen molar-refractivity contribution in [1.82, 2.24) is 0 Å². The van der Waals surface area contributed by atoms with Crippen LogP contribution in [0, 0.1) is 0 Å². The number of rotatable bonds is 3. The van der Waals surface area contributed by atoms with Crippen LogP contribution in [0.25, 0.3) is 5.57 Å². The van der Waals surface area contributed by atoms with E-state index in [9.17, 15) is 4.79 Å². The third kappa shape index (κ3) is 2.37. The van der Waals surface area contributed by atoms with Crippen LogP contribution in [0.5, 0.6) is 5.75 Å². The van der Waals surface area contributed by atoms with Gasteiger partial charge in [-0.15, -0.1) is 0 Å². The van der Waals surface area contributed by atoms with Crippen molar-refractivity contribution in [3.8, 4) is 5.75 Å². The third-order valence-electron chi connectivity index (χ3n) is 3.98. The lowest BCUT2D eigenvalue weighted by Gasteiger charge is -2.30. The number of methoxy groups -OCH3 is 1. The van der Waals surface area contributed by atoms with Crippen molar-refractivity contribution in [2.75, 3.05) is 20.3 Å². The number of hydrogen-bond donors (Lipinski definition) is 0. The number of allylic oxidation sites excluding steroid dienone is 1. The highest BCUT2D eigenvalue weighted by molar-refractivity contribution is 5.81. The van der Waals surface area contributed by atoms with Crippen LogP contribution in [0.4, 0.5) is 0 Å². The SMILES string of the molecule is COc1cc(C2=CCC3(CC2)OCCO3)ccc1C=O. The molecule has 106 valence electrons. The van der Waals surface area contributed by atoms with E-state index in [0.29, 0.717) is 24.5 Å². The Balaban J connectivity index is 1.83. The van der Waals surface area contributed by atoms with E-state index in [-0.39, 0.29) is 0 Å². The van der Waals surface area contributed by atoms with Crippen LogP contribution in [0.3, 0.4) is 0 Å². The molecule has 2 aliphatic rings. The molecule has 1 heterocycles. The zero-order valence-corrected chi connectivity index (χ0v) is 11.6. The highest BCUT2D eigenvalue weighted by Crippen LogP contribution is 2.38. The average molecular weight is 274 g/mol. The Labute approximate surface area is 118 Å². The van der Waals surface area contributed by atoms with Crippen LogP contribution in [-0.2, 0) is 9.47 Å². The molecule has 1 aliphatic heterocycles. The van der Waals surface area contributed by atoms with E-state index in [1.165, 1.54) is 5.57 Å². The van der Waals surface area contributed by atoms with Crippen LogP contribution in [0.15, 0.2) is 24.3 Å². The first kappa shape index (κ1) is 13.3. The fourth-order valence-corrected chi connectivity index (χ4v) is 2.84. The molecule has 1 fully saturated rings. The maximum Gasteiger partial charge on any atom is 0.172 e. The molecule has 0 atom stereocenters. The second-order valence-electron chi connectivity index (χ2n) is 5.12. The minimum Gasteiger partial charge on any atom is -0.496 e. The fourth-order valence-electron chi connectivity index (χ4n) is 2.84. The van der Waals surface area contributed by atoms with E-state index in [1.54, 1.807) is 13.2 Å². The van der Waals surface area contributed by atoms with Crippen molar-refractivity contribution in [2.45, 2.75) is 25.0 Å². The summed E-state index contributed by atoms with van der Waals surface area (Å²) in [7, 11) is 1.58. The molecule has 0 unspecified atom stereocenters. The molecule has 3 rings (SSSR count). The quantitative estimate of drug-likeness (QED) is 0.795. The Morgan fingerprint density at radius 3 is 2.70 bits per heavy atom. The number of benzene rings is 1. The summed E-state index contributed by atoms with van der Waals surface area (Å²) >= 11 is 0. The predicted octanol–water partition coefficient (Wildman–Crippen LogP) is 2.82. The first-order valence-electron chi connectivity index (χ1n) is 6.87. The molecule has 0 bridgehead atoms. The number of carbonyl (C=O) groups excluding carboxylic acids is 1. The van der Waals surface area contributed by atoms with Gasteiger partial charge in [0.05, 0.1) is 25.9 Å². The first-order valence-corrected chi connectivity index (χ1v) is 6.87. The molecule has 0 N–H and O–H groups in total. The second-order valence-corrected chi connectivity index (χ2v) is 5.12. The Kier molecular flexibility index (Phi) is 3.59. The van der Waals surface area contributed by atoms with Gasteiger partial charge < -0.3 is 14.2 Å². The Morgan fingerprint density at radius 1 is 1.30 bits per heavy atom. The van der Waals surface area contributed by atoms with Gasteiger partial charge in [-0.25, -0.2) is 0 Å². The van der Waals surface area contributed by atoms with Gasteiger partial charge >= 0.3 is 0 Å². The lowest BCUT2D eigenvalue weighted by Crippen LogP contribution is -2.31. The number of hydrogen-bond acceptors (Lipinski definition) is 4. The third-order valence-corrected chi connectivity index (χ3v) is 3.98. The van der Waals surface area contributed by atoms with Gasteiger partial charge in [-0.3, -0.25) is 4.79 Å². The van der Waals surface area contributed by atoms with Crippen molar-refractivity contribution in [3.05, 3.63) is 35.4 Å². The highest BCUT2D eigenvalue weighted by Gasteiger charge is 2.37. The molecule has 20 heavy (non-hydrogen) atoms. The van der Waals surface area contributed by atoms with E-state index in [4.69, 9.17) is 14.2 Å². The van der Waals surface area contributed by atoms with Gasteiger partial charge in [-0.2, -0.15) is 0 Å². The summed E-state index contributed by atoms with van der Waals surface area (Å²) in [6, 6.07) is 5.69. The van der Waals surface area contributed by atoms with Crippen LogP contribution >= 0.6 is 0 Å². The number of ether oxygens (including phenoxy) is 3. The molecule has 1 aromatic carbocycles. The zero-order valence-electron chi connectivity index (χ0n) is 11.6. The summed E-state index contributed by atoms with van der Waals surface area (Å²) in [6.45, 7) is 1.37. The van der Waals surface area contributed by atoms with Crippen LogP contribution in [0.1, 0.15) is 35.2 Å². The Bertz CT molecular complexity index is 541. The van der Waals surface area contributed by atoms with Crippen LogP contribution in [-0.4, -0.2) is 32.4 Å². The molecule has 0 saturated carbocycles. The molecule has 4 nitrogen and oxygen atoms in total. The molecule has 1 aliphatic carbocycles. The summed E-state index contributed by atoms with van der Waals surface area (Å²) in [5.41, 5.74) is 2.93. The second kappa shape index (κ2) is 5.38. The van der Waals surface area contributed by atoms with E-state index in [2.05, 4.69) is 6.08 Å². The van der Waals surface area contributed by atoms with Gasteiger partial charge in [0.15, 0.2) is 12.1 Å². The van der Waals surface area contributed by atoms with Crippen molar-refractivity contribution >= 4 is 11.9 Å². The molecular weight excluding hydrogens is 256 g/mol. The van der Waals surface area contributed by atoms with Crippen molar-refractivity contribution in [1.29, 1.82) is 0 Å². The maximum absolute atomic E-state index is 10.9. The van der Waals surface area contributed by atoms with Gasteiger partial charge in [0.2, 0.25) is 0 Å². The Hall–Kier alpha value is -1.65. The van der Waals surface area contributed by atoms with E-state index in [0.717, 1.165) is 31.1 Å². The van der Waals surface area contributed by atoms with Gasteiger partial charge in [-0.05, 0) is 29.7 Å². The topological polar surface area (TPSA) is 44.8 Å². The lowest BCUT2D eigenvalue weighted by molar-refractivity contribution is -0.159. The minimum absolute atomic E-state index is 0.393. The van der Waals surface area contributed by atoms with E-state index < -0.39 is 5.79 Å². The fraction of sp³-hybridized carbons (Fsp3) is 0.438. The normalized spacial score (nSPS) is 20.8. The van der Waals surface area contributed by atoms with Crippen LogP contribution in [0.2, 0.25) is 0 Å². The van der Waals surface area contributed by atoms with Crippen molar-refractivity contribution < 1.29 is 19.0 Å². The average Bonchev–Trinajstić information content (AvgIpc) is 2.95. The van der Waals surface area contributed by atoms with Crippen molar-refractivity contribution in [3.63, 3.8) is 0 Å². The first-order chi connectivity index (χ1) is 9.76. The standard InChI is InChI=1S/C16H18O4/c1-18-15-10-13(2-3-14(15)11-17)12-4-6-16(7-5-12)19-8-9-20-16/h2-4,10-11H,5-9H2,1H3. The summed E-state index contributed by atoms with van der Waals surface area (Å²) in [6.07, 6.45) is 5.54. The molecule has 1 aromatic rings. The molecule has 1 saturated heterocycles. The minimum atomic E-state index is -0.393. The molecule has 0 aromatic heterocycles. The van der Waals surface area contributed by atoms with E-state index >= 15 is 0 Å². The van der Waals surface area contributed by atoms with Gasteiger partial charge in [-0.1, -0.05) is 12.1 Å². The van der Waals surface area contributed by atoms with Crippen molar-refractivity contribution in [2.24, 2.45) is 0 Å². The largest absolute Gasteiger partial charge is 0.496 e. The van der Waals surface area contributed by atoms with Gasteiger partial charge in [0, 0.05) is 12.8 Å². The molecule has 0 amide bonds. The van der Waals surface area contributed by atoms with Crippen LogP contribution < -0.4 is 4.74 Å². The summed E-state index contributed by atoms with van der Waals surface area (Å²) in [4.78, 5) is 10.9. The zero-order chi connectivity index (χ0) is 14.0. The van der Waals surface area contributed by atoms with E-state index in [1.807, 2.05) is 12.1 Å². The number of carbonyl (C=O) groups is 1. The smallest absolute Gasteiger partial charge is 0.172 e. The highest BCUT2D eigenvalue weighted by atomic mass is 16.7. The summed E-state index contributed by atoms with van der Waals surface area (Å²) < 4.78 is 16.7. The predicted molar refractivity (Wildman–Crippen MR) is 74.8 cm³/mol. The monoisotopic (exact) mass is 274 g/mol.